The molecule has 1 N–H and O–H groups in total. The zero-order valence-electron chi connectivity index (χ0n) is 16.1. The van der Waals surface area contributed by atoms with Crippen LogP contribution in [0.25, 0.3) is 0 Å². The van der Waals surface area contributed by atoms with Crippen molar-refractivity contribution in [2.24, 2.45) is 0 Å². The zero-order valence-corrected chi connectivity index (χ0v) is 16.9. The first-order valence-corrected chi connectivity index (χ1v) is 10.6. The minimum Gasteiger partial charge on any atom is -0.399 e. The molecule has 0 spiro atoms. The lowest BCUT2D eigenvalue weighted by molar-refractivity contribution is -0.354. The molecular weight excluding hydrogens is 458 g/mol. The summed E-state index contributed by atoms with van der Waals surface area (Å²) in [7, 11) is -3.45. The van der Waals surface area contributed by atoms with E-state index < -0.39 is 34.2 Å². The van der Waals surface area contributed by atoms with E-state index in [4.69, 9.17) is 4.18 Å². The number of carbonyl (C=O) groups excluding carboxylic acids is 1. The van der Waals surface area contributed by atoms with E-state index in [-0.39, 0.29) is 14.7 Å². The molecule has 0 unspecified atom stereocenters. The summed E-state index contributed by atoms with van der Waals surface area (Å²) >= 11 is 0. The van der Waals surface area contributed by atoms with Gasteiger partial charge in [-0.1, -0.05) is 54.6 Å². The van der Waals surface area contributed by atoms with E-state index in [9.17, 15) is 36.2 Å². The van der Waals surface area contributed by atoms with Crippen LogP contribution in [0.3, 0.4) is 0 Å². The van der Waals surface area contributed by atoms with E-state index >= 15 is 0 Å². The Bertz CT molecular complexity index is 943. The summed E-state index contributed by atoms with van der Waals surface area (Å²) in [4.78, 5) is 13.1. The molecule has 0 aromatic heterocycles. The van der Waals surface area contributed by atoms with Crippen molar-refractivity contribution in [3.05, 3.63) is 91.0 Å². The maximum absolute atomic E-state index is 13.4. The Morgan fingerprint density at radius 3 is 1.16 bits per heavy atom. The highest BCUT2D eigenvalue weighted by Crippen LogP contribution is 2.69. The number of benzene rings is 3. The molecule has 0 aliphatic carbocycles. The number of rotatable bonds is 5. The second-order valence-electron chi connectivity index (χ2n) is 6.57. The van der Waals surface area contributed by atoms with E-state index in [1.165, 1.54) is 72.8 Å². The van der Waals surface area contributed by atoms with Gasteiger partial charge in [-0.25, -0.2) is 4.79 Å². The Morgan fingerprint density at radius 1 is 0.625 bits per heavy atom. The van der Waals surface area contributed by atoms with Crippen molar-refractivity contribution < 1.29 is 40.4 Å². The van der Waals surface area contributed by atoms with Gasteiger partial charge >= 0.3 is 23.9 Å². The predicted octanol–water partition coefficient (Wildman–Crippen LogP) is 6.28. The Labute approximate surface area is 180 Å². The number of halogens is 6. The van der Waals surface area contributed by atoms with Gasteiger partial charge in [0, 0.05) is 14.7 Å². The zero-order chi connectivity index (χ0) is 23.6. The Kier molecular flexibility index (Phi) is 6.30. The van der Waals surface area contributed by atoms with Crippen molar-refractivity contribution in [1.29, 1.82) is 0 Å². The third kappa shape index (κ3) is 3.95. The van der Waals surface area contributed by atoms with E-state index in [1.54, 1.807) is 18.2 Å². The van der Waals surface area contributed by atoms with E-state index in [1.807, 2.05) is 0 Å². The summed E-state index contributed by atoms with van der Waals surface area (Å²) in [6, 6.07) is 22.4. The molecule has 170 valence electrons. The minimum absolute atomic E-state index is 0.164. The topological polar surface area (TPSA) is 46.5 Å². The van der Waals surface area contributed by atoms with Crippen molar-refractivity contribution in [1.82, 2.24) is 0 Å². The van der Waals surface area contributed by atoms with Crippen molar-refractivity contribution in [3.63, 3.8) is 0 Å². The van der Waals surface area contributed by atoms with Crippen LogP contribution in [0.2, 0.25) is 0 Å². The maximum Gasteiger partial charge on any atom is 0.437 e. The summed E-state index contributed by atoms with van der Waals surface area (Å²) in [5.41, 5.74) is -5.71. The van der Waals surface area contributed by atoms with Crippen LogP contribution < -0.4 is 0 Å². The van der Waals surface area contributed by atoms with Crippen molar-refractivity contribution in [2.75, 3.05) is 0 Å². The van der Waals surface area contributed by atoms with E-state index in [0.717, 1.165) is 0 Å². The van der Waals surface area contributed by atoms with Crippen LogP contribution in [0.15, 0.2) is 106 Å². The molecule has 3 nitrogen and oxygen atoms in total. The van der Waals surface area contributed by atoms with Crippen molar-refractivity contribution >= 4 is 16.3 Å². The Balaban J connectivity index is 2.32. The van der Waals surface area contributed by atoms with Gasteiger partial charge in [0.05, 0.1) is 0 Å². The smallest absolute Gasteiger partial charge is 0.399 e. The van der Waals surface area contributed by atoms with Crippen LogP contribution in [-0.4, -0.2) is 29.0 Å². The lowest BCUT2D eigenvalue weighted by Crippen LogP contribution is -2.63. The fourth-order valence-electron chi connectivity index (χ4n) is 2.95. The number of hydrogen-bond acceptors (Lipinski definition) is 3. The number of aliphatic hydroxyl groups is 1. The molecule has 0 saturated heterocycles. The van der Waals surface area contributed by atoms with Gasteiger partial charge in [0.25, 0.3) is 0 Å². The molecule has 0 bridgehead atoms. The predicted molar refractivity (Wildman–Crippen MR) is 105 cm³/mol. The molecule has 0 saturated carbocycles. The van der Waals surface area contributed by atoms with Gasteiger partial charge in [-0.05, 0) is 46.7 Å². The van der Waals surface area contributed by atoms with Crippen LogP contribution in [0.4, 0.5) is 26.3 Å². The van der Waals surface area contributed by atoms with Crippen molar-refractivity contribution in [3.8, 4) is 0 Å². The summed E-state index contributed by atoms with van der Waals surface area (Å²) in [5, 5.41) is 9.65. The van der Waals surface area contributed by atoms with E-state index in [2.05, 4.69) is 0 Å². The maximum atomic E-state index is 13.4. The fraction of sp³-hybridized carbons (Fsp3) is 0.136. The fourth-order valence-corrected chi connectivity index (χ4v) is 6.03. The van der Waals surface area contributed by atoms with Gasteiger partial charge in [-0.2, -0.15) is 26.3 Å². The van der Waals surface area contributed by atoms with Crippen molar-refractivity contribution in [2.45, 2.75) is 32.6 Å². The van der Waals surface area contributed by atoms with Gasteiger partial charge in [-0.3, -0.25) is 0 Å². The first-order chi connectivity index (χ1) is 14.9. The van der Waals surface area contributed by atoms with E-state index in [0.29, 0.717) is 0 Å². The second kappa shape index (κ2) is 8.51. The van der Waals surface area contributed by atoms with Gasteiger partial charge in [0.15, 0.2) is 0 Å². The van der Waals surface area contributed by atoms with Crippen LogP contribution in [-0.2, 0) is 8.98 Å². The van der Waals surface area contributed by atoms with Crippen LogP contribution in [0.5, 0.6) is 0 Å². The summed E-state index contributed by atoms with van der Waals surface area (Å²) in [5.74, 6) is -2.86. The van der Waals surface area contributed by atoms with Gasteiger partial charge in [0.2, 0.25) is 0 Å². The monoisotopic (exact) mass is 474 g/mol. The molecule has 0 radical (unpaired) electrons. The number of hydrogen-bond donors (Lipinski definition) is 1. The molecule has 32 heavy (non-hydrogen) atoms. The molecule has 0 heterocycles. The molecule has 0 aliphatic heterocycles. The molecule has 0 amide bonds. The molecule has 0 fully saturated rings. The Morgan fingerprint density at radius 2 is 0.906 bits per heavy atom. The summed E-state index contributed by atoms with van der Waals surface area (Å²) < 4.78 is 85.4. The SMILES string of the molecule is O=C(OS(c1ccccc1)(c1ccccc1)c1ccccc1)C(O)(C(F)(F)F)C(F)(F)F. The highest BCUT2D eigenvalue weighted by molar-refractivity contribution is 8.30. The van der Waals surface area contributed by atoms with Crippen LogP contribution in [0, 0.1) is 0 Å². The molecule has 3 aromatic rings. The molecule has 3 aromatic carbocycles. The molecule has 0 atom stereocenters. The first kappa shape index (κ1) is 23.7. The first-order valence-electron chi connectivity index (χ1n) is 9.03. The second-order valence-corrected chi connectivity index (χ2v) is 9.27. The third-order valence-electron chi connectivity index (χ3n) is 4.54. The quantitative estimate of drug-likeness (QED) is 0.443. The van der Waals surface area contributed by atoms with Crippen LogP contribution >= 0.6 is 10.3 Å². The van der Waals surface area contributed by atoms with Crippen LogP contribution in [0.1, 0.15) is 0 Å². The van der Waals surface area contributed by atoms with Gasteiger partial charge in [0.1, 0.15) is 0 Å². The largest absolute Gasteiger partial charge is 0.437 e. The summed E-state index contributed by atoms with van der Waals surface area (Å²) in [6.45, 7) is 0. The average molecular weight is 474 g/mol. The minimum atomic E-state index is -6.36. The third-order valence-corrected chi connectivity index (χ3v) is 7.75. The lowest BCUT2D eigenvalue weighted by Gasteiger charge is -2.42. The molecule has 3 rings (SSSR count). The lowest BCUT2D eigenvalue weighted by atomic mass is 10.0. The molecule has 0 aliphatic rings. The van der Waals surface area contributed by atoms with Gasteiger partial charge in [-0.15, -0.1) is 0 Å². The number of carbonyl (C=O) groups is 1. The Hall–Kier alpha value is -2.98. The highest BCUT2D eigenvalue weighted by atomic mass is 32.3. The standard InChI is InChI=1S/C22H16F6O3S/c23-21(24,25)20(30,22(26,27)28)19(29)31-32(16-10-4-1-5-11-16,17-12-6-2-7-13-17)18-14-8-3-9-15-18/h1-15,30H. The molecule has 10 heteroatoms. The number of alkyl halides is 6. The average Bonchev–Trinajstić information content (AvgIpc) is 2.77. The highest BCUT2D eigenvalue weighted by Gasteiger charge is 2.77. The summed E-state index contributed by atoms with van der Waals surface area (Å²) in [6.07, 6.45) is -12.7. The van der Waals surface area contributed by atoms with Gasteiger partial charge < -0.3 is 9.29 Å². The normalized spacial score (nSPS) is 13.5. The molecular formula is C22H16F6O3S.